The molecule has 0 radical (unpaired) electrons. The predicted octanol–water partition coefficient (Wildman–Crippen LogP) is 2.75. The Morgan fingerprint density at radius 3 is 2.21 bits per heavy atom. The first kappa shape index (κ1) is 17.4. The van der Waals surface area contributed by atoms with Gasteiger partial charge in [0.1, 0.15) is 0 Å². The van der Waals surface area contributed by atoms with E-state index in [1.54, 1.807) is 12.1 Å². The second kappa shape index (κ2) is 8.06. The number of urea groups is 1. The summed E-state index contributed by atoms with van der Waals surface area (Å²) in [6.07, 6.45) is 0.116. The van der Waals surface area contributed by atoms with Gasteiger partial charge in [-0.1, -0.05) is 28.1 Å². The summed E-state index contributed by atoms with van der Waals surface area (Å²) >= 11 is 3.30. The number of nitrogens with zero attached hydrogens (tertiary/aromatic N) is 1. The quantitative estimate of drug-likeness (QED) is 0.548. The van der Waals surface area contributed by atoms with Crippen molar-refractivity contribution < 1.29 is 14.5 Å². The third-order valence-electron chi connectivity index (χ3n) is 2.93. The molecular formula is C15H13BrN4O4. The molecule has 0 spiro atoms. The molecule has 0 bridgehead atoms. The molecule has 124 valence electrons. The molecule has 0 aliphatic heterocycles. The second-order valence-electron chi connectivity index (χ2n) is 4.73. The number of hydrazine groups is 1. The van der Waals surface area contributed by atoms with Crippen LogP contribution >= 0.6 is 15.9 Å². The first-order valence-corrected chi connectivity index (χ1v) is 7.58. The maximum absolute atomic E-state index is 11.7. The van der Waals surface area contributed by atoms with Crippen molar-refractivity contribution in [3.05, 3.63) is 68.7 Å². The lowest BCUT2D eigenvalue weighted by molar-refractivity contribution is -0.384. The number of non-ortho nitro benzene ring substituents is 1. The van der Waals surface area contributed by atoms with Crippen molar-refractivity contribution in [2.75, 3.05) is 5.32 Å². The summed E-state index contributed by atoms with van der Waals surface area (Å²) in [7, 11) is 0. The minimum atomic E-state index is -0.659. The highest BCUT2D eigenvalue weighted by Gasteiger charge is 2.08. The third kappa shape index (κ3) is 5.36. The van der Waals surface area contributed by atoms with Crippen molar-refractivity contribution in [3.8, 4) is 0 Å². The van der Waals surface area contributed by atoms with Crippen LogP contribution in [0.4, 0.5) is 16.2 Å². The zero-order valence-corrected chi connectivity index (χ0v) is 13.9. The third-order valence-corrected chi connectivity index (χ3v) is 3.46. The van der Waals surface area contributed by atoms with Gasteiger partial charge in [-0.2, -0.15) is 0 Å². The smallest absolute Gasteiger partial charge is 0.307 e. The van der Waals surface area contributed by atoms with E-state index in [1.165, 1.54) is 24.3 Å². The standard InChI is InChI=1S/C15H13BrN4O4/c16-11-3-1-10(2-4-11)9-14(21)18-19-15(22)17-12-5-7-13(8-6-12)20(23)24/h1-8H,9H2,(H,18,21)(H2,17,19,22). The maximum Gasteiger partial charge on any atom is 0.337 e. The highest BCUT2D eigenvalue weighted by atomic mass is 79.9. The number of nitro groups is 1. The molecule has 0 unspecified atom stereocenters. The average Bonchev–Trinajstić information content (AvgIpc) is 2.55. The number of hydrogen-bond donors (Lipinski definition) is 3. The van der Waals surface area contributed by atoms with Gasteiger partial charge in [0.25, 0.3) is 5.69 Å². The van der Waals surface area contributed by atoms with Crippen LogP contribution < -0.4 is 16.2 Å². The monoisotopic (exact) mass is 392 g/mol. The lowest BCUT2D eigenvalue weighted by Crippen LogP contribution is -2.44. The molecule has 2 aromatic rings. The zero-order chi connectivity index (χ0) is 17.5. The number of nitro benzene ring substituents is 1. The summed E-state index contributed by atoms with van der Waals surface area (Å²) in [5, 5.41) is 13.0. The van der Waals surface area contributed by atoms with E-state index in [0.717, 1.165) is 10.0 Å². The maximum atomic E-state index is 11.7. The Morgan fingerprint density at radius 1 is 1.00 bits per heavy atom. The topological polar surface area (TPSA) is 113 Å². The highest BCUT2D eigenvalue weighted by molar-refractivity contribution is 9.10. The number of carbonyl (C=O) groups excluding carboxylic acids is 2. The summed E-state index contributed by atoms with van der Waals surface area (Å²) in [6.45, 7) is 0. The van der Waals surface area contributed by atoms with Crippen molar-refractivity contribution in [1.82, 2.24) is 10.9 Å². The van der Waals surface area contributed by atoms with E-state index in [2.05, 4.69) is 32.1 Å². The van der Waals surface area contributed by atoms with E-state index >= 15 is 0 Å². The van der Waals surface area contributed by atoms with Crippen molar-refractivity contribution in [1.29, 1.82) is 0 Å². The van der Waals surface area contributed by atoms with E-state index in [0.29, 0.717) is 5.69 Å². The summed E-state index contributed by atoms with van der Waals surface area (Å²) < 4.78 is 0.909. The van der Waals surface area contributed by atoms with Crippen LogP contribution in [0.1, 0.15) is 5.56 Å². The molecule has 0 heterocycles. The molecule has 0 aliphatic rings. The molecular weight excluding hydrogens is 380 g/mol. The van der Waals surface area contributed by atoms with Crippen molar-refractivity contribution >= 4 is 39.2 Å². The molecule has 3 amide bonds. The molecule has 24 heavy (non-hydrogen) atoms. The van der Waals surface area contributed by atoms with Gasteiger partial charge >= 0.3 is 6.03 Å². The molecule has 0 fully saturated rings. The summed E-state index contributed by atoms with van der Waals surface area (Å²) in [5.41, 5.74) is 5.56. The number of carbonyl (C=O) groups is 2. The van der Waals surface area contributed by atoms with Crippen LogP contribution in [-0.4, -0.2) is 16.9 Å². The van der Waals surface area contributed by atoms with Crippen LogP contribution in [0.25, 0.3) is 0 Å². The lowest BCUT2D eigenvalue weighted by Gasteiger charge is -2.09. The summed E-state index contributed by atoms with van der Waals surface area (Å²) in [5.74, 6) is -0.379. The fourth-order valence-corrected chi connectivity index (χ4v) is 2.05. The van der Waals surface area contributed by atoms with E-state index < -0.39 is 11.0 Å². The molecule has 9 heteroatoms. The van der Waals surface area contributed by atoms with Gasteiger partial charge in [0.15, 0.2) is 0 Å². The number of rotatable bonds is 4. The van der Waals surface area contributed by atoms with Gasteiger partial charge in [-0.05, 0) is 29.8 Å². The van der Waals surface area contributed by atoms with Crippen LogP contribution in [0, 0.1) is 10.1 Å². The molecule has 0 aromatic heterocycles. The Hall–Kier alpha value is -2.94. The fraction of sp³-hybridized carbons (Fsp3) is 0.0667. The van der Waals surface area contributed by atoms with Gasteiger partial charge in [-0.3, -0.25) is 20.3 Å². The van der Waals surface area contributed by atoms with Crippen LogP contribution in [0.5, 0.6) is 0 Å². The van der Waals surface area contributed by atoms with Gasteiger partial charge in [-0.15, -0.1) is 0 Å². The number of nitrogens with one attached hydrogen (secondary N) is 3. The second-order valence-corrected chi connectivity index (χ2v) is 5.65. The van der Waals surface area contributed by atoms with Crippen LogP contribution in [0.15, 0.2) is 53.0 Å². The van der Waals surface area contributed by atoms with E-state index in [1.807, 2.05) is 12.1 Å². The minimum Gasteiger partial charge on any atom is -0.307 e. The lowest BCUT2D eigenvalue weighted by atomic mass is 10.1. The Bertz CT molecular complexity index is 747. The van der Waals surface area contributed by atoms with E-state index in [4.69, 9.17) is 0 Å². The summed E-state index contributed by atoms with van der Waals surface area (Å²) in [4.78, 5) is 33.4. The van der Waals surface area contributed by atoms with Crippen molar-refractivity contribution in [2.45, 2.75) is 6.42 Å². The Balaban J connectivity index is 1.78. The summed E-state index contributed by atoms with van der Waals surface area (Å²) in [6, 6.07) is 11.9. The van der Waals surface area contributed by atoms with Gasteiger partial charge < -0.3 is 5.32 Å². The SMILES string of the molecule is O=C(Cc1ccc(Br)cc1)NNC(=O)Nc1ccc([N+](=O)[O-])cc1. The number of hydrogen-bond acceptors (Lipinski definition) is 4. The normalized spacial score (nSPS) is 9.88. The number of benzene rings is 2. The number of halogens is 1. The largest absolute Gasteiger partial charge is 0.337 e. The minimum absolute atomic E-state index is 0.0799. The zero-order valence-electron chi connectivity index (χ0n) is 12.3. The molecule has 8 nitrogen and oxygen atoms in total. The van der Waals surface area contributed by atoms with E-state index in [-0.39, 0.29) is 18.0 Å². The van der Waals surface area contributed by atoms with Crippen molar-refractivity contribution in [2.24, 2.45) is 0 Å². The van der Waals surface area contributed by atoms with Gasteiger partial charge in [0.05, 0.1) is 11.3 Å². The number of amides is 3. The molecule has 3 N–H and O–H groups in total. The van der Waals surface area contributed by atoms with Crippen molar-refractivity contribution in [3.63, 3.8) is 0 Å². The molecule has 2 rings (SSSR count). The van der Waals surface area contributed by atoms with E-state index in [9.17, 15) is 19.7 Å². The molecule has 0 atom stereocenters. The van der Waals surface area contributed by atoms with Gasteiger partial charge in [0, 0.05) is 22.3 Å². The van der Waals surface area contributed by atoms with Gasteiger partial charge in [0.2, 0.25) is 5.91 Å². The predicted molar refractivity (Wildman–Crippen MR) is 91.2 cm³/mol. The molecule has 0 aliphatic carbocycles. The molecule has 2 aromatic carbocycles. The highest BCUT2D eigenvalue weighted by Crippen LogP contribution is 2.15. The first-order valence-electron chi connectivity index (χ1n) is 6.79. The van der Waals surface area contributed by atoms with Crippen LogP contribution in [0.2, 0.25) is 0 Å². The Morgan fingerprint density at radius 2 is 1.62 bits per heavy atom. The fourth-order valence-electron chi connectivity index (χ4n) is 1.79. The Labute approximate surface area is 145 Å². The average molecular weight is 393 g/mol. The molecule has 0 saturated carbocycles. The van der Waals surface area contributed by atoms with Crippen LogP contribution in [-0.2, 0) is 11.2 Å². The number of anilines is 1. The first-order chi connectivity index (χ1) is 11.4. The molecule has 0 saturated heterocycles. The van der Waals surface area contributed by atoms with Gasteiger partial charge in [-0.25, -0.2) is 10.2 Å². The Kier molecular flexibility index (Phi) is 5.85. The van der Waals surface area contributed by atoms with Crippen LogP contribution in [0.3, 0.4) is 0 Å².